The molecule has 9 nitrogen and oxygen atoms in total. The van der Waals surface area contributed by atoms with Gasteiger partial charge in [-0.05, 0) is 24.1 Å². The Bertz CT molecular complexity index is 866. The third-order valence-corrected chi connectivity index (χ3v) is 6.91. The first kappa shape index (κ1) is 21.1. The molecular weight excluding hydrogens is 394 g/mol. The van der Waals surface area contributed by atoms with Gasteiger partial charge in [0.05, 0.1) is 4.92 Å². The van der Waals surface area contributed by atoms with Crippen LogP contribution in [0, 0.1) is 10.1 Å². The minimum atomic E-state index is -1.29. The Kier molecular flexibility index (Phi) is 5.85. The van der Waals surface area contributed by atoms with Crippen LogP contribution in [0.15, 0.2) is 18.2 Å². The average Bonchev–Trinajstić information content (AvgIpc) is 2.96. The summed E-state index contributed by atoms with van der Waals surface area (Å²) in [6, 6.07) is 4.22. The summed E-state index contributed by atoms with van der Waals surface area (Å²) in [5.41, 5.74) is 0.783. The maximum Gasteiger partial charge on any atom is 0.269 e. The molecule has 0 bridgehead atoms. The lowest BCUT2D eigenvalue weighted by Gasteiger charge is -2.35. The normalized spacial score (nSPS) is 19.7. The lowest BCUT2D eigenvalue weighted by Crippen LogP contribution is -2.55. The fourth-order valence-electron chi connectivity index (χ4n) is 3.48. The highest BCUT2D eigenvalue weighted by molar-refractivity contribution is 6.76. The third-order valence-electron chi connectivity index (χ3n) is 5.21. The summed E-state index contributed by atoms with van der Waals surface area (Å²) in [5.74, 6) is -1.11. The lowest BCUT2D eigenvalue weighted by molar-refractivity contribution is -0.384. The molecule has 0 radical (unpaired) electrons. The largest absolute Gasteiger partial charge is 0.361 e. The summed E-state index contributed by atoms with van der Waals surface area (Å²) in [6.07, 6.45) is 0.388. The standard InChI is InChI=1S/C19H25N3O6Si/c1-29(2,3)9-8-28-12-21-17(23)7-6-16(19(21)25)20-11-13-10-14(22(26)27)4-5-15(13)18(20)24/h4-5,10,16H,6-9,11-12H2,1-3H3. The van der Waals surface area contributed by atoms with Gasteiger partial charge < -0.3 is 9.64 Å². The molecule has 3 rings (SSSR count). The van der Waals surface area contributed by atoms with Crippen LogP contribution < -0.4 is 0 Å². The number of imide groups is 1. The van der Waals surface area contributed by atoms with Gasteiger partial charge in [0.25, 0.3) is 17.5 Å². The summed E-state index contributed by atoms with van der Waals surface area (Å²) in [4.78, 5) is 50.8. The van der Waals surface area contributed by atoms with E-state index < -0.39 is 24.9 Å². The maximum absolute atomic E-state index is 12.9. The molecule has 156 valence electrons. The van der Waals surface area contributed by atoms with Crippen LogP contribution in [0.3, 0.4) is 0 Å². The number of ether oxygens (including phenoxy) is 1. The Labute approximate surface area is 169 Å². The Balaban J connectivity index is 1.69. The highest BCUT2D eigenvalue weighted by Gasteiger charge is 2.43. The van der Waals surface area contributed by atoms with Gasteiger partial charge in [0.1, 0.15) is 12.8 Å². The van der Waals surface area contributed by atoms with E-state index in [4.69, 9.17) is 4.74 Å². The minimum absolute atomic E-state index is 0.0963. The molecule has 1 aromatic carbocycles. The van der Waals surface area contributed by atoms with Gasteiger partial charge in [-0.1, -0.05) is 19.6 Å². The smallest absolute Gasteiger partial charge is 0.269 e. The zero-order valence-corrected chi connectivity index (χ0v) is 17.8. The number of nitro groups is 1. The van der Waals surface area contributed by atoms with Crippen LogP contribution in [-0.2, 0) is 20.9 Å². The van der Waals surface area contributed by atoms with Crippen LogP contribution in [0.4, 0.5) is 5.69 Å². The Hall–Kier alpha value is -2.59. The zero-order valence-electron chi connectivity index (χ0n) is 16.8. The maximum atomic E-state index is 12.9. The second kappa shape index (κ2) is 8.03. The monoisotopic (exact) mass is 419 g/mol. The predicted octanol–water partition coefficient (Wildman–Crippen LogP) is 2.38. The average molecular weight is 420 g/mol. The molecule has 1 fully saturated rings. The van der Waals surface area contributed by atoms with E-state index in [9.17, 15) is 24.5 Å². The molecule has 1 unspecified atom stereocenters. The van der Waals surface area contributed by atoms with Crippen molar-refractivity contribution in [3.05, 3.63) is 39.4 Å². The molecule has 2 heterocycles. The Morgan fingerprint density at radius 3 is 2.62 bits per heavy atom. The summed E-state index contributed by atoms with van der Waals surface area (Å²) < 4.78 is 5.57. The van der Waals surface area contributed by atoms with Gasteiger partial charge in [0.2, 0.25) is 5.91 Å². The fraction of sp³-hybridized carbons (Fsp3) is 0.526. The molecule has 2 aliphatic heterocycles. The van der Waals surface area contributed by atoms with Crippen LogP contribution >= 0.6 is 0 Å². The van der Waals surface area contributed by atoms with Crippen molar-refractivity contribution in [2.45, 2.75) is 51.1 Å². The first-order valence-electron chi connectivity index (χ1n) is 9.59. The summed E-state index contributed by atoms with van der Waals surface area (Å²) >= 11 is 0. The van der Waals surface area contributed by atoms with E-state index >= 15 is 0 Å². The number of likely N-dealkylation sites (tertiary alicyclic amines) is 1. The van der Waals surface area contributed by atoms with Crippen molar-refractivity contribution < 1.29 is 24.0 Å². The Morgan fingerprint density at radius 2 is 1.97 bits per heavy atom. The summed E-state index contributed by atoms with van der Waals surface area (Å²) in [7, 11) is -1.29. The molecule has 3 amide bonds. The Morgan fingerprint density at radius 1 is 1.24 bits per heavy atom. The highest BCUT2D eigenvalue weighted by Crippen LogP contribution is 2.31. The van der Waals surface area contributed by atoms with E-state index in [2.05, 4.69) is 19.6 Å². The molecule has 29 heavy (non-hydrogen) atoms. The van der Waals surface area contributed by atoms with Gasteiger partial charge in [-0.15, -0.1) is 0 Å². The van der Waals surface area contributed by atoms with Crippen molar-refractivity contribution in [1.29, 1.82) is 0 Å². The summed E-state index contributed by atoms with van der Waals surface area (Å²) in [5, 5.41) is 11.0. The van der Waals surface area contributed by atoms with E-state index in [1.165, 1.54) is 23.1 Å². The number of carbonyl (C=O) groups is 3. The van der Waals surface area contributed by atoms with Crippen molar-refractivity contribution in [1.82, 2.24) is 9.80 Å². The number of hydrogen-bond donors (Lipinski definition) is 0. The van der Waals surface area contributed by atoms with E-state index in [0.717, 1.165) is 10.9 Å². The van der Waals surface area contributed by atoms with Crippen LogP contribution in [0.1, 0.15) is 28.8 Å². The first-order chi connectivity index (χ1) is 13.6. The molecular formula is C19H25N3O6Si. The molecule has 0 N–H and O–H groups in total. The molecule has 0 aromatic heterocycles. The molecule has 1 atom stereocenters. The molecule has 10 heteroatoms. The number of nitro benzene ring substituents is 1. The van der Waals surface area contributed by atoms with Crippen molar-refractivity contribution >= 4 is 31.5 Å². The van der Waals surface area contributed by atoms with Gasteiger partial charge in [0.15, 0.2) is 0 Å². The molecule has 0 spiro atoms. The van der Waals surface area contributed by atoms with Gasteiger partial charge in [-0.25, -0.2) is 0 Å². The third kappa shape index (κ3) is 4.53. The van der Waals surface area contributed by atoms with Crippen molar-refractivity contribution in [2.75, 3.05) is 13.3 Å². The number of hydrogen-bond acceptors (Lipinski definition) is 6. The topological polar surface area (TPSA) is 110 Å². The first-order valence-corrected chi connectivity index (χ1v) is 13.3. The highest BCUT2D eigenvalue weighted by atomic mass is 28.3. The van der Waals surface area contributed by atoms with Gasteiger partial charge in [0, 0.05) is 45.3 Å². The second-order valence-electron chi connectivity index (χ2n) is 8.59. The quantitative estimate of drug-likeness (QED) is 0.221. The summed E-state index contributed by atoms with van der Waals surface area (Å²) in [6.45, 7) is 7.12. The van der Waals surface area contributed by atoms with Crippen LogP contribution in [-0.4, -0.2) is 59.9 Å². The lowest BCUT2D eigenvalue weighted by atomic mass is 10.0. The number of non-ortho nitro benzene ring substituents is 1. The van der Waals surface area contributed by atoms with Crippen LogP contribution in [0.5, 0.6) is 0 Å². The number of amides is 3. The van der Waals surface area contributed by atoms with Gasteiger partial charge in [-0.2, -0.15) is 0 Å². The van der Waals surface area contributed by atoms with Crippen LogP contribution in [0.2, 0.25) is 25.7 Å². The number of benzene rings is 1. The number of carbonyl (C=O) groups excluding carboxylic acids is 3. The molecule has 1 aromatic rings. The van der Waals surface area contributed by atoms with Crippen molar-refractivity contribution in [3.8, 4) is 0 Å². The van der Waals surface area contributed by atoms with E-state index in [1.807, 2.05) is 0 Å². The van der Waals surface area contributed by atoms with Crippen molar-refractivity contribution in [2.24, 2.45) is 0 Å². The molecule has 0 saturated carbocycles. The van der Waals surface area contributed by atoms with E-state index in [1.54, 1.807) is 0 Å². The molecule has 1 saturated heterocycles. The predicted molar refractivity (Wildman–Crippen MR) is 107 cm³/mol. The van der Waals surface area contributed by atoms with Crippen LogP contribution in [0.25, 0.3) is 0 Å². The van der Waals surface area contributed by atoms with E-state index in [0.29, 0.717) is 17.7 Å². The molecule has 0 aliphatic carbocycles. The van der Waals surface area contributed by atoms with E-state index in [-0.39, 0.29) is 43.6 Å². The minimum Gasteiger partial charge on any atom is -0.361 e. The number of nitrogens with zero attached hydrogens (tertiary/aromatic N) is 3. The number of rotatable bonds is 7. The molecule has 2 aliphatic rings. The number of fused-ring (bicyclic) bond motifs is 1. The SMILES string of the molecule is C[Si](C)(C)CCOCN1C(=O)CCC(N2Cc3cc([N+](=O)[O-])ccc3C2=O)C1=O. The van der Waals surface area contributed by atoms with Crippen molar-refractivity contribution in [3.63, 3.8) is 0 Å². The fourth-order valence-corrected chi connectivity index (χ4v) is 4.23. The second-order valence-corrected chi connectivity index (χ2v) is 14.2. The number of piperidine rings is 1. The van der Waals surface area contributed by atoms with Gasteiger partial charge in [-0.3, -0.25) is 29.4 Å². The van der Waals surface area contributed by atoms with Gasteiger partial charge >= 0.3 is 0 Å². The zero-order chi connectivity index (χ0) is 21.3.